The molecule has 0 amide bonds. The van der Waals surface area contributed by atoms with Crippen molar-refractivity contribution in [2.45, 2.75) is 57.0 Å². The van der Waals surface area contributed by atoms with Crippen molar-refractivity contribution in [2.24, 2.45) is 10.8 Å². The van der Waals surface area contributed by atoms with Gasteiger partial charge in [-0.05, 0) is 29.6 Å². The molecule has 0 saturated heterocycles. The summed E-state index contributed by atoms with van der Waals surface area (Å²) in [5.74, 6) is 0.113. The van der Waals surface area contributed by atoms with Gasteiger partial charge in [0.1, 0.15) is 24.5 Å². The normalized spacial score (nSPS) is 39.6. The minimum absolute atomic E-state index is 0.0240. The molecule has 26 heavy (non-hydrogen) atoms. The largest absolute Gasteiger partial charge is 0.875 e. The fourth-order valence-electron chi connectivity index (χ4n) is 5.68. The molecule has 0 aromatic carbocycles. The number of hydrogen-bond donors (Lipinski definition) is 0. The van der Waals surface area contributed by atoms with E-state index in [2.05, 4.69) is 13.8 Å². The molecule has 136 valence electrons. The summed E-state index contributed by atoms with van der Waals surface area (Å²) in [7, 11) is 0. The molecule has 0 unspecified atom stereocenters. The summed E-state index contributed by atoms with van der Waals surface area (Å²) >= 11 is 0. The molecule has 5 heteroatoms. The average Bonchev–Trinajstić information content (AvgIpc) is 2.86. The maximum atomic E-state index is 13.3. The van der Waals surface area contributed by atoms with Crippen LogP contribution >= 0.6 is 0 Å². The number of allylic oxidation sites excluding steroid dienone is 3. The van der Waals surface area contributed by atoms with Crippen LogP contribution in [0.4, 0.5) is 0 Å². The monoisotopic (exact) mass is 354 g/mol. The van der Waals surface area contributed by atoms with Crippen LogP contribution in [0, 0.1) is 30.6 Å². The van der Waals surface area contributed by atoms with Crippen LogP contribution < -0.4 is 15.3 Å². The standard InChI is InChI=1S/C21H22O5/c1-19-7-5-13(23)9-12(19)3-4-14-15-6-8-21(26,17(25)11-22)20(15,2)10-16(24)18(14)19/h1-11H2/t19-,20-,21-/m0/s1. The van der Waals surface area contributed by atoms with E-state index in [1.54, 1.807) is 0 Å². The van der Waals surface area contributed by atoms with Crippen molar-refractivity contribution < 1.29 is 24.9 Å². The van der Waals surface area contributed by atoms with Crippen molar-refractivity contribution >= 4 is 11.6 Å². The zero-order valence-electron chi connectivity index (χ0n) is 14.8. The second-order valence-electron chi connectivity index (χ2n) is 8.31. The van der Waals surface area contributed by atoms with Crippen molar-refractivity contribution in [1.82, 2.24) is 0 Å². The Balaban J connectivity index is 1.83. The number of Topliss-reactive ketones (excluding diaryl/α,β-unsaturated/α-hetero) is 2. The van der Waals surface area contributed by atoms with Gasteiger partial charge in [0.05, 0.1) is 6.92 Å². The third-order valence-electron chi connectivity index (χ3n) is 7.14. The van der Waals surface area contributed by atoms with Gasteiger partial charge in [-0.1, -0.05) is 6.61 Å². The van der Waals surface area contributed by atoms with Gasteiger partial charge < -0.3 is 20.1 Å². The van der Waals surface area contributed by atoms with Crippen molar-refractivity contribution in [3.05, 3.63) is 42.2 Å². The fraction of sp³-hybridized carbons (Fsp3) is 0.571. The van der Waals surface area contributed by atoms with Crippen molar-refractivity contribution in [3.8, 4) is 0 Å². The summed E-state index contributed by atoms with van der Waals surface area (Å²) in [5, 5.41) is 37.6. The third-order valence-corrected chi connectivity index (χ3v) is 7.14. The number of fused-ring (bicyclic) bond motifs is 4. The van der Waals surface area contributed by atoms with Gasteiger partial charge in [0.2, 0.25) is 0 Å². The Kier molecular flexibility index (Phi) is 3.60. The topological polar surface area (TPSA) is 103 Å². The van der Waals surface area contributed by atoms with E-state index < -0.39 is 28.8 Å². The lowest BCUT2D eigenvalue weighted by Gasteiger charge is -2.50. The van der Waals surface area contributed by atoms with E-state index in [9.17, 15) is 24.9 Å². The fourth-order valence-corrected chi connectivity index (χ4v) is 5.68. The van der Waals surface area contributed by atoms with E-state index in [4.69, 9.17) is 0 Å². The summed E-state index contributed by atoms with van der Waals surface area (Å²) in [5.41, 5.74) is -1.88. The minimum Gasteiger partial charge on any atom is -0.875 e. The predicted molar refractivity (Wildman–Crippen MR) is 87.4 cm³/mol. The van der Waals surface area contributed by atoms with Gasteiger partial charge in [-0.3, -0.25) is 4.79 Å². The SMILES string of the molecule is [CH2+][C@]12CC([O-])=C3C(=C1CC[C@]2([O-])C(=O)C[O-])CC[C+]1CC(=O)CC[C@]31[CH2+]. The van der Waals surface area contributed by atoms with E-state index in [1.165, 1.54) is 0 Å². The summed E-state index contributed by atoms with van der Waals surface area (Å²) < 4.78 is 0. The minimum atomic E-state index is -2.11. The molecular weight excluding hydrogens is 332 g/mol. The van der Waals surface area contributed by atoms with Crippen LogP contribution in [0.3, 0.4) is 0 Å². The highest BCUT2D eigenvalue weighted by Gasteiger charge is 2.65. The van der Waals surface area contributed by atoms with Crippen molar-refractivity contribution in [1.29, 1.82) is 0 Å². The number of carbonyl (C=O) groups excluding carboxylic acids is 2. The molecule has 0 radical (unpaired) electrons. The lowest BCUT2D eigenvalue weighted by molar-refractivity contribution is -0.482. The molecule has 0 bridgehead atoms. The summed E-state index contributed by atoms with van der Waals surface area (Å²) in [6, 6.07) is 0. The van der Waals surface area contributed by atoms with Crippen LogP contribution in [0.5, 0.6) is 0 Å². The molecule has 0 heterocycles. The van der Waals surface area contributed by atoms with Gasteiger partial charge in [-0.2, -0.15) is 0 Å². The molecule has 0 N–H and O–H groups in total. The van der Waals surface area contributed by atoms with Gasteiger partial charge in [0, 0.05) is 31.3 Å². The summed E-state index contributed by atoms with van der Waals surface area (Å²) in [6.07, 6.45) is 2.82. The molecule has 0 aliphatic heterocycles. The highest BCUT2D eigenvalue weighted by molar-refractivity contribution is 5.90. The molecule has 3 saturated carbocycles. The Bertz CT molecular complexity index is 762. The first-order chi connectivity index (χ1) is 12.2. The molecule has 4 aliphatic carbocycles. The van der Waals surface area contributed by atoms with Crippen molar-refractivity contribution in [2.75, 3.05) is 6.61 Å². The number of carbonyl (C=O) groups is 2. The molecular formula is C21H22O5. The molecule has 4 rings (SSSR count). The molecule has 3 fully saturated rings. The van der Waals surface area contributed by atoms with Gasteiger partial charge in [0.15, 0.2) is 18.1 Å². The second-order valence-corrected chi connectivity index (χ2v) is 8.31. The zero-order valence-corrected chi connectivity index (χ0v) is 14.8. The van der Waals surface area contributed by atoms with Gasteiger partial charge in [0.25, 0.3) is 5.41 Å². The Labute approximate surface area is 153 Å². The third kappa shape index (κ3) is 1.96. The van der Waals surface area contributed by atoms with Gasteiger partial charge >= 0.3 is 0 Å². The number of hydrogen-bond acceptors (Lipinski definition) is 5. The molecule has 0 aromatic heterocycles. The molecule has 0 spiro atoms. The first-order valence-corrected chi connectivity index (χ1v) is 9.20. The van der Waals surface area contributed by atoms with Gasteiger partial charge in [-0.25, -0.2) is 0 Å². The Morgan fingerprint density at radius 3 is 2.62 bits per heavy atom. The number of rotatable bonds is 2. The van der Waals surface area contributed by atoms with E-state index in [-0.39, 0.29) is 24.4 Å². The second kappa shape index (κ2) is 5.33. The lowest BCUT2D eigenvalue weighted by Crippen LogP contribution is -2.63. The maximum Gasteiger partial charge on any atom is 0.260 e. The predicted octanol–water partition coefficient (Wildman–Crippen LogP) is -0.114. The van der Waals surface area contributed by atoms with E-state index in [0.29, 0.717) is 44.1 Å². The van der Waals surface area contributed by atoms with Crippen molar-refractivity contribution in [3.63, 3.8) is 0 Å². The van der Waals surface area contributed by atoms with E-state index in [1.807, 2.05) is 0 Å². The summed E-state index contributed by atoms with van der Waals surface area (Å²) in [4.78, 5) is 24.0. The van der Waals surface area contributed by atoms with Gasteiger partial charge in [-0.15, -0.1) is 5.76 Å². The Morgan fingerprint density at radius 2 is 1.92 bits per heavy atom. The number of ketones is 2. The highest BCUT2D eigenvalue weighted by atomic mass is 16.3. The van der Waals surface area contributed by atoms with Crippen LogP contribution in [-0.2, 0) is 9.59 Å². The van der Waals surface area contributed by atoms with E-state index >= 15 is 0 Å². The zero-order chi connectivity index (χ0) is 18.9. The molecule has 5 nitrogen and oxygen atoms in total. The maximum absolute atomic E-state index is 13.3. The average molecular weight is 354 g/mol. The van der Waals surface area contributed by atoms with Crippen LogP contribution in [0.2, 0.25) is 0 Å². The van der Waals surface area contributed by atoms with E-state index in [0.717, 1.165) is 17.1 Å². The van der Waals surface area contributed by atoms with Crippen LogP contribution in [0.15, 0.2) is 22.5 Å². The smallest absolute Gasteiger partial charge is 0.260 e. The summed E-state index contributed by atoms with van der Waals surface area (Å²) in [6.45, 7) is 7.32. The van der Waals surface area contributed by atoms with Crippen LogP contribution in [0.1, 0.15) is 51.4 Å². The Hall–Kier alpha value is -1.85. The highest BCUT2D eigenvalue weighted by Crippen LogP contribution is 2.64. The first-order valence-electron chi connectivity index (χ1n) is 9.20. The molecule has 4 aliphatic rings. The quantitative estimate of drug-likeness (QED) is 0.644. The lowest BCUT2D eigenvalue weighted by atomic mass is 9.52. The first kappa shape index (κ1) is 17.6. The van der Waals surface area contributed by atoms with Crippen LogP contribution in [-0.4, -0.2) is 23.8 Å². The van der Waals surface area contributed by atoms with Crippen LogP contribution in [0.25, 0.3) is 0 Å². The molecule has 0 aromatic rings. The Morgan fingerprint density at radius 1 is 1.19 bits per heavy atom. The molecule has 3 atom stereocenters.